The highest BCUT2D eigenvalue weighted by molar-refractivity contribution is 9.10. The molecule has 2 aromatic rings. The molecule has 0 saturated heterocycles. The molecule has 0 bridgehead atoms. The fraction of sp³-hybridized carbons (Fsp3) is 0.278. The molecule has 2 heterocycles. The van der Waals surface area contributed by atoms with E-state index in [0.29, 0.717) is 6.42 Å². The second kappa shape index (κ2) is 5.65. The van der Waals surface area contributed by atoms with Gasteiger partial charge in [0.1, 0.15) is 4.32 Å². The van der Waals surface area contributed by atoms with Crippen molar-refractivity contribution in [3.63, 3.8) is 0 Å². The molecule has 1 atom stereocenters. The van der Waals surface area contributed by atoms with E-state index in [1.165, 1.54) is 4.31 Å². The van der Waals surface area contributed by atoms with Crippen molar-refractivity contribution < 1.29 is 13.2 Å². The van der Waals surface area contributed by atoms with E-state index in [4.69, 9.17) is 0 Å². The Balaban J connectivity index is 1.78. The van der Waals surface area contributed by atoms with E-state index >= 15 is 0 Å². The first-order valence-corrected chi connectivity index (χ1v) is 10.3. The van der Waals surface area contributed by atoms with Gasteiger partial charge in [0, 0.05) is 24.3 Å². The lowest BCUT2D eigenvalue weighted by Crippen LogP contribution is -2.34. The van der Waals surface area contributed by atoms with E-state index in [9.17, 15) is 13.2 Å². The Hall–Kier alpha value is -1.70. The number of halogens is 1. The summed E-state index contributed by atoms with van der Waals surface area (Å²) < 4.78 is 26.7. The van der Waals surface area contributed by atoms with Gasteiger partial charge in [-0.15, -0.1) is 0 Å². The van der Waals surface area contributed by atoms with Gasteiger partial charge in [-0.25, -0.2) is 8.42 Å². The molecule has 7 heteroatoms. The number of amides is 1. The smallest absolute Gasteiger partial charge is 0.245 e. The number of nitrogens with one attached hydrogen (secondary N) is 1. The number of benzene rings is 2. The van der Waals surface area contributed by atoms with E-state index in [-0.39, 0.29) is 23.9 Å². The normalized spacial score (nSPS) is 23.0. The zero-order valence-corrected chi connectivity index (χ0v) is 16.0. The first-order valence-electron chi connectivity index (χ1n) is 8.02. The molecule has 0 spiro atoms. The quantitative estimate of drug-likeness (QED) is 0.758. The van der Waals surface area contributed by atoms with E-state index < -0.39 is 14.3 Å². The van der Waals surface area contributed by atoms with Crippen LogP contribution in [0.2, 0.25) is 0 Å². The molecular formula is C18H17BrN2O3S. The zero-order chi connectivity index (χ0) is 17.8. The Morgan fingerprint density at radius 2 is 1.88 bits per heavy atom. The lowest BCUT2D eigenvalue weighted by Gasteiger charge is -2.22. The summed E-state index contributed by atoms with van der Waals surface area (Å²) in [6.07, 6.45) is 0.383. The standard InChI is InChI=1S/C18H17BrN2O3S/c1-12-5-7-14(8-6-12)25(23,24)21-10-9-18(19)16-13(11-21)3-2-4-15(16)20-17(18)22/h2-8H,9-11H2,1H3,(H,20,22). The summed E-state index contributed by atoms with van der Waals surface area (Å²) in [6, 6.07) is 12.4. The third-order valence-corrected chi connectivity index (χ3v) is 7.88. The summed E-state index contributed by atoms with van der Waals surface area (Å²) in [5, 5.41) is 2.89. The lowest BCUT2D eigenvalue weighted by molar-refractivity contribution is -0.118. The second-order valence-corrected chi connectivity index (χ2v) is 9.79. The lowest BCUT2D eigenvalue weighted by atomic mass is 9.94. The number of carbonyl (C=O) groups excluding carboxylic acids is 1. The average Bonchev–Trinajstić information content (AvgIpc) is 2.73. The summed E-state index contributed by atoms with van der Waals surface area (Å²) in [6.45, 7) is 2.44. The molecule has 1 amide bonds. The monoisotopic (exact) mass is 420 g/mol. The Morgan fingerprint density at radius 1 is 1.16 bits per heavy atom. The largest absolute Gasteiger partial charge is 0.324 e. The molecule has 130 valence electrons. The molecule has 0 radical (unpaired) electrons. The van der Waals surface area contributed by atoms with Gasteiger partial charge in [-0.2, -0.15) is 4.31 Å². The molecule has 5 nitrogen and oxygen atoms in total. The van der Waals surface area contributed by atoms with Gasteiger partial charge in [-0.05, 0) is 37.1 Å². The maximum Gasteiger partial charge on any atom is 0.245 e. The van der Waals surface area contributed by atoms with Crippen molar-refractivity contribution in [2.45, 2.75) is 29.1 Å². The first-order chi connectivity index (χ1) is 11.8. The molecule has 2 aliphatic heterocycles. The van der Waals surface area contributed by atoms with E-state index in [1.54, 1.807) is 24.3 Å². The number of sulfonamides is 1. The Bertz CT molecular complexity index is 972. The van der Waals surface area contributed by atoms with Crippen LogP contribution in [0.3, 0.4) is 0 Å². The van der Waals surface area contributed by atoms with Crippen molar-refractivity contribution in [3.05, 3.63) is 59.2 Å². The highest BCUT2D eigenvalue weighted by Crippen LogP contribution is 2.49. The van der Waals surface area contributed by atoms with Crippen molar-refractivity contribution in [1.82, 2.24) is 4.31 Å². The zero-order valence-electron chi connectivity index (χ0n) is 13.6. The van der Waals surface area contributed by atoms with Gasteiger partial charge in [0.15, 0.2) is 0 Å². The summed E-state index contributed by atoms with van der Waals surface area (Å²) in [5.41, 5.74) is 3.48. The molecule has 1 N–H and O–H groups in total. The molecule has 4 rings (SSSR count). The van der Waals surface area contributed by atoms with Gasteiger partial charge < -0.3 is 5.32 Å². The molecule has 2 aromatic carbocycles. The second-order valence-electron chi connectivity index (χ2n) is 6.50. The highest BCUT2D eigenvalue weighted by atomic mass is 79.9. The van der Waals surface area contributed by atoms with Crippen molar-refractivity contribution in [2.75, 3.05) is 11.9 Å². The van der Waals surface area contributed by atoms with Crippen LogP contribution in [0.4, 0.5) is 5.69 Å². The van der Waals surface area contributed by atoms with Crippen LogP contribution in [0.25, 0.3) is 0 Å². The van der Waals surface area contributed by atoms with Gasteiger partial charge >= 0.3 is 0 Å². The van der Waals surface area contributed by atoms with Crippen LogP contribution in [0.1, 0.15) is 23.1 Å². The fourth-order valence-corrected chi connectivity index (χ4v) is 5.65. The topological polar surface area (TPSA) is 66.5 Å². The van der Waals surface area contributed by atoms with Crippen molar-refractivity contribution in [2.24, 2.45) is 0 Å². The van der Waals surface area contributed by atoms with Gasteiger partial charge in [0.25, 0.3) is 0 Å². The van der Waals surface area contributed by atoms with Gasteiger partial charge in [-0.3, -0.25) is 4.79 Å². The Labute approximate surface area is 155 Å². The molecule has 25 heavy (non-hydrogen) atoms. The minimum atomic E-state index is -3.62. The average molecular weight is 421 g/mol. The number of rotatable bonds is 2. The van der Waals surface area contributed by atoms with Crippen LogP contribution >= 0.6 is 15.9 Å². The third kappa shape index (κ3) is 2.53. The molecular weight excluding hydrogens is 404 g/mol. The Morgan fingerprint density at radius 3 is 2.60 bits per heavy atom. The van der Waals surface area contributed by atoms with Crippen molar-refractivity contribution in [1.29, 1.82) is 0 Å². The number of anilines is 1. The minimum absolute atomic E-state index is 0.135. The van der Waals surface area contributed by atoms with Gasteiger partial charge in [0.2, 0.25) is 15.9 Å². The predicted octanol–water partition coefficient (Wildman–Crippen LogP) is 3.13. The number of alkyl halides is 1. The molecule has 0 saturated carbocycles. The summed E-state index contributed by atoms with van der Waals surface area (Å²) in [7, 11) is -3.62. The van der Waals surface area contributed by atoms with Crippen LogP contribution in [-0.4, -0.2) is 25.2 Å². The summed E-state index contributed by atoms with van der Waals surface area (Å²) in [4.78, 5) is 12.7. The summed E-state index contributed by atoms with van der Waals surface area (Å²) >= 11 is 3.59. The molecule has 1 unspecified atom stereocenters. The molecule has 0 fully saturated rings. The van der Waals surface area contributed by atoms with Crippen molar-refractivity contribution in [3.8, 4) is 0 Å². The number of carbonyl (C=O) groups is 1. The van der Waals surface area contributed by atoms with Crippen LogP contribution < -0.4 is 5.32 Å². The predicted molar refractivity (Wildman–Crippen MR) is 99.1 cm³/mol. The summed E-state index contributed by atoms with van der Waals surface area (Å²) in [5.74, 6) is -0.135. The number of hydrogen-bond donors (Lipinski definition) is 1. The maximum atomic E-state index is 13.1. The number of aryl methyl sites for hydroxylation is 1. The Kier molecular flexibility index (Phi) is 3.79. The van der Waals surface area contributed by atoms with E-state index in [1.807, 2.05) is 25.1 Å². The molecule has 0 aromatic heterocycles. The van der Waals surface area contributed by atoms with Crippen LogP contribution in [-0.2, 0) is 25.7 Å². The van der Waals surface area contributed by atoms with Crippen LogP contribution in [0, 0.1) is 6.92 Å². The molecule has 2 aliphatic rings. The third-order valence-electron chi connectivity index (χ3n) is 4.87. The maximum absolute atomic E-state index is 13.1. The highest BCUT2D eigenvalue weighted by Gasteiger charge is 2.48. The van der Waals surface area contributed by atoms with Crippen LogP contribution in [0.5, 0.6) is 0 Å². The number of nitrogens with zero attached hydrogens (tertiary/aromatic N) is 1. The minimum Gasteiger partial charge on any atom is -0.324 e. The molecule has 0 aliphatic carbocycles. The van der Waals surface area contributed by atoms with Gasteiger partial charge in [-0.1, -0.05) is 45.8 Å². The van der Waals surface area contributed by atoms with Gasteiger partial charge in [0.05, 0.1) is 4.90 Å². The van der Waals surface area contributed by atoms with E-state index in [2.05, 4.69) is 21.2 Å². The van der Waals surface area contributed by atoms with Crippen LogP contribution in [0.15, 0.2) is 47.4 Å². The first kappa shape index (κ1) is 16.8. The van der Waals surface area contributed by atoms with E-state index in [0.717, 1.165) is 22.4 Å². The number of hydrogen-bond acceptors (Lipinski definition) is 3. The van der Waals surface area contributed by atoms with Crippen molar-refractivity contribution >= 4 is 37.5 Å². The fourth-order valence-electron chi connectivity index (χ4n) is 3.49. The SMILES string of the molecule is Cc1ccc(S(=O)(=O)N2CCC3(Br)C(=O)Nc4cccc(c43)C2)cc1.